The van der Waals surface area contributed by atoms with Crippen LogP contribution in [-0.2, 0) is 6.54 Å². The molecule has 0 fully saturated rings. The number of methoxy groups -OCH3 is 1. The molecule has 2 heterocycles. The predicted octanol–water partition coefficient (Wildman–Crippen LogP) is 1.21. The van der Waals surface area contributed by atoms with Crippen LogP contribution < -0.4 is 10.1 Å². The van der Waals surface area contributed by atoms with E-state index in [1.807, 2.05) is 16.7 Å². The van der Waals surface area contributed by atoms with Gasteiger partial charge in [0.15, 0.2) is 6.29 Å². The first-order chi connectivity index (χ1) is 8.76. The minimum Gasteiger partial charge on any atom is -0.497 e. The highest BCUT2D eigenvalue weighted by Crippen LogP contribution is 2.29. The van der Waals surface area contributed by atoms with E-state index in [0.29, 0.717) is 30.1 Å². The van der Waals surface area contributed by atoms with Gasteiger partial charge in [0.2, 0.25) is 0 Å². The lowest BCUT2D eigenvalue weighted by molar-refractivity contribution is 0.0923. The molecule has 0 unspecified atom stereocenters. The molecule has 5 heteroatoms. The summed E-state index contributed by atoms with van der Waals surface area (Å²) in [7, 11) is 1.57. The van der Waals surface area contributed by atoms with Crippen molar-refractivity contribution in [1.82, 2.24) is 9.88 Å². The summed E-state index contributed by atoms with van der Waals surface area (Å²) in [5.74, 6) is 0.479. The van der Waals surface area contributed by atoms with Crippen LogP contribution in [0.15, 0.2) is 18.2 Å². The Balaban J connectivity index is 2.40. The normalized spacial score (nSPS) is 14.2. The van der Waals surface area contributed by atoms with Gasteiger partial charge in [-0.1, -0.05) is 0 Å². The number of nitrogens with one attached hydrogen (secondary N) is 1. The van der Waals surface area contributed by atoms with Crippen LogP contribution in [-0.4, -0.2) is 30.4 Å². The van der Waals surface area contributed by atoms with Gasteiger partial charge < -0.3 is 14.6 Å². The molecule has 5 nitrogen and oxygen atoms in total. The summed E-state index contributed by atoms with van der Waals surface area (Å²) in [5, 5.41) is 3.51. The second kappa shape index (κ2) is 3.87. The lowest BCUT2D eigenvalue weighted by atomic mass is 10.1. The van der Waals surface area contributed by atoms with Gasteiger partial charge in [0, 0.05) is 24.0 Å². The molecule has 0 atom stereocenters. The summed E-state index contributed by atoms with van der Waals surface area (Å²) in [6.07, 6.45) is 0.735. The standard InChI is InChI=1S/C13H12N2O3/c1-18-8-2-3-11-9(6-8)10(7-16)12-13(17)14-4-5-15(11)12/h2-3,6-7H,4-5H2,1H3,(H,14,17). The second-order valence-corrected chi connectivity index (χ2v) is 4.17. The van der Waals surface area contributed by atoms with Gasteiger partial charge >= 0.3 is 0 Å². The number of hydrogen-bond acceptors (Lipinski definition) is 3. The molecular weight excluding hydrogens is 232 g/mol. The molecule has 92 valence electrons. The number of carbonyl (C=O) groups is 2. The number of aromatic nitrogens is 1. The molecule has 1 aromatic heterocycles. The zero-order chi connectivity index (χ0) is 12.7. The Hall–Kier alpha value is -2.30. The first-order valence-electron chi connectivity index (χ1n) is 5.70. The third-order valence-corrected chi connectivity index (χ3v) is 3.26. The van der Waals surface area contributed by atoms with E-state index in [2.05, 4.69) is 5.32 Å². The lowest BCUT2D eigenvalue weighted by Crippen LogP contribution is -2.35. The Bertz CT molecular complexity index is 658. The number of aldehydes is 1. The van der Waals surface area contributed by atoms with Crippen molar-refractivity contribution in [3.05, 3.63) is 29.5 Å². The maximum atomic E-state index is 11.9. The molecule has 1 aliphatic rings. The Labute approximate surface area is 103 Å². The highest BCUT2D eigenvalue weighted by atomic mass is 16.5. The predicted molar refractivity (Wildman–Crippen MR) is 66.2 cm³/mol. The maximum absolute atomic E-state index is 11.9. The van der Waals surface area contributed by atoms with Crippen molar-refractivity contribution >= 4 is 23.1 Å². The van der Waals surface area contributed by atoms with E-state index in [-0.39, 0.29) is 5.91 Å². The Morgan fingerprint density at radius 3 is 3.00 bits per heavy atom. The summed E-state index contributed by atoms with van der Waals surface area (Å²) in [5.41, 5.74) is 1.77. The minimum absolute atomic E-state index is 0.196. The van der Waals surface area contributed by atoms with Crippen LogP contribution >= 0.6 is 0 Å². The van der Waals surface area contributed by atoms with Crippen molar-refractivity contribution in [2.45, 2.75) is 6.54 Å². The van der Waals surface area contributed by atoms with E-state index in [0.717, 1.165) is 17.2 Å². The van der Waals surface area contributed by atoms with Gasteiger partial charge in [0.05, 0.1) is 12.7 Å². The fourth-order valence-electron chi connectivity index (χ4n) is 2.45. The van der Waals surface area contributed by atoms with Gasteiger partial charge in [-0.05, 0) is 18.2 Å². The largest absolute Gasteiger partial charge is 0.497 e. The van der Waals surface area contributed by atoms with Crippen molar-refractivity contribution < 1.29 is 14.3 Å². The molecule has 3 rings (SSSR count). The van der Waals surface area contributed by atoms with E-state index in [4.69, 9.17) is 4.74 Å². The molecular formula is C13H12N2O3. The number of benzene rings is 1. The molecule has 0 saturated heterocycles. The lowest BCUT2D eigenvalue weighted by Gasteiger charge is -2.16. The Morgan fingerprint density at radius 1 is 1.44 bits per heavy atom. The number of ether oxygens (including phenoxy) is 1. The summed E-state index contributed by atoms with van der Waals surface area (Å²) in [6, 6.07) is 5.50. The number of rotatable bonds is 2. The number of nitrogens with zero attached hydrogens (tertiary/aromatic N) is 1. The first kappa shape index (κ1) is 10.8. The molecule has 0 bridgehead atoms. The third kappa shape index (κ3) is 1.33. The van der Waals surface area contributed by atoms with Crippen LogP contribution in [0.1, 0.15) is 20.8 Å². The minimum atomic E-state index is -0.196. The molecule has 0 radical (unpaired) electrons. The quantitative estimate of drug-likeness (QED) is 0.808. The van der Waals surface area contributed by atoms with Crippen molar-refractivity contribution in [2.75, 3.05) is 13.7 Å². The van der Waals surface area contributed by atoms with Gasteiger partial charge in [0.25, 0.3) is 5.91 Å². The number of carbonyl (C=O) groups excluding carboxylic acids is 2. The first-order valence-corrected chi connectivity index (χ1v) is 5.70. The van der Waals surface area contributed by atoms with E-state index < -0.39 is 0 Å². The molecule has 1 amide bonds. The average molecular weight is 244 g/mol. The molecule has 0 aliphatic carbocycles. The zero-order valence-electron chi connectivity index (χ0n) is 9.90. The van der Waals surface area contributed by atoms with Gasteiger partial charge in [0.1, 0.15) is 11.4 Å². The summed E-state index contributed by atoms with van der Waals surface area (Å²) < 4.78 is 7.04. The molecule has 2 aromatic rings. The number of fused-ring (bicyclic) bond motifs is 3. The molecule has 1 aromatic carbocycles. The molecule has 1 N–H and O–H groups in total. The van der Waals surface area contributed by atoms with Gasteiger partial charge in [-0.25, -0.2) is 0 Å². The molecule has 1 aliphatic heterocycles. The second-order valence-electron chi connectivity index (χ2n) is 4.17. The van der Waals surface area contributed by atoms with Crippen LogP contribution in [0.25, 0.3) is 10.9 Å². The van der Waals surface area contributed by atoms with Crippen molar-refractivity contribution in [3.8, 4) is 5.75 Å². The molecule has 0 saturated carbocycles. The number of hydrogen-bond donors (Lipinski definition) is 1. The topological polar surface area (TPSA) is 60.3 Å². The van der Waals surface area contributed by atoms with E-state index >= 15 is 0 Å². The zero-order valence-corrected chi connectivity index (χ0v) is 9.90. The molecule has 0 spiro atoms. The number of amides is 1. The van der Waals surface area contributed by atoms with Gasteiger partial charge in [-0.15, -0.1) is 0 Å². The van der Waals surface area contributed by atoms with Crippen LogP contribution in [0, 0.1) is 0 Å². The van der Waals surface area contributed by atoms with E-state index in [1.54, 1.807) is 13.2 Å². The van der Waals surface area contributed by atoms with Crippen molar-refractivity contribution in [1.29, 1.82) is 0 Å². The van der Waals surface area contributed by atoms with Crippen LogP contribution in [0.5, 0.6) is 5.75 Å². The van der Waals surface area contributed by atoms with E-state index in [1.165, 1.54) is 0 Å². The monoisotopic (exact) mass is 244 g/mol. The highest BCUT2D eigenvalue weighted by molar-refractivity contribution is 6.10. The Morgan fingerprint density at radius 2 is 2.28 bits per heavy atom. The third-order valence-electron chi connectivity index (χ3n) is 3.26. The van der Waals surface area contributed by atoms with E-state index in [9.17, 15) is 9.59 Å². The summed E-state index contributed by atoms with van der Waals surface area (Å²) in [4.78, 5) is 23.1. The Kier molecular flexibility index (Phi) is 2.33. The van der Waals surface area contributed by atoms with Crippen molar-refractivity contribution in [2.24, 2.45) is 0 Å². The average Bonchev–Trinajstić information content (AvgIpc) is 2.73. The van der Waals surface area contributed by atoms with Crippen LogP contribution in [0.2, 0.25) is 0 Å². The molecule has 18 heavy (non-hydrogen) atoms. The van der Waals surface area contributed by atoms with Gasteiger partial charge in [-0.2, -0.15) is 0 Å². The fraction of sp³-hybridized carbons (Fsp3) is 0.231. The highest BCUT2D eigenvalue weighted by Gasteiger charge is 2.25. The fourth-order valence-corrected chi connectivity index (χ4v) is 2.45. The van der Waals surface area contributed by atoms with Crippen LogP contribution in [0.4, 0.5) is 0 Å². The summed E-state index contributed by atoms with van der Waals surface area (Å²) in [6.45, 7) is 1.26. The van der Waals surface area contributed by atoms with Gasteiger partial charge in [-0.3, -0.25) is 9.59 Å². The van der Waals surface area contributed by atoms with Crippen LogP contribution in [0.3, 0.4) is 0 Å². The SMILES string of the molecule is COc1ccc2c(c1)c(C=O)c1n2CCNC1=O. The summed E-state index contributed by atoms with van der Waals surface area (Å²) >= 11 is 0. The smallest absolute Gasteiger partial charge is 0.268 e. The van der Waals surface area contributed by atoms with Crippen molar-refractivity contribution in [3.63, 3.8) is 0 Å². The maximum Gasteiger partial charge on any atom is 0.268 e.